The minimum absolute atomic E-state index is 0.398. The number of carboxylic acid groups (broad SMARTS) is 1. The van der Waals surface area contributed by atoms with Gasteiger partial charge < -0.3 is 10.2 Å². The van der Waals surface area contributed by atoms with Crippen LogP contribution in [0.5, 0.6) is 0 Å². The predicted octanol–water partition coefficient (Wildman–Crippen LogP) is 12.3. The summed E-state index contributed by atoms with van der Waals surface area (Å²) in [5, 5.41) is 17.9. The van der Waals surface area contributed by atoms with E-state index in [-0.39, 0.29) is 0 Å². The van der Waals surface area contributed by atoms with Gasteiger partial charge in [0.25, 0.3) is 0 Å². The summed E-state index contributed by atoms with van der Waals surface area (Å²) in [6, 6.07) is 0. The zero-order valence-corrected chi connectivity index (χ0v) is 26.7. The number of hydrogen-bond donors (Lipinski definition) is 2. The molecule has 3 nitrogen and oxygen atoms in total. The van der Waals surface area contributed by atoms with E-state index in [0.29, 0.717) is 6.42 Å². The van der Waals surface area contributed by atoms with Gasteiger partial charge in [-0.2, -0.15) is 0 Å². The highest BCUT2D eigenvalue weighted by Gasteiger charge is 2.11. The molecule has 0 spiro atoms. The van der Waals surface area contributed by atoms with E-state index in [0.717, 1.165) is 12.8 Å². The maximum absolute atomic E-state index is 10.6. The Morgan fingerprint density at radius 2 is 0.564 bits per heavy atom. The third-order valence-electron chi connectivity index (χ3n) is 8.62. The van der Waals surface area contributed by atoms with E-state index in [4.69, 9.17) is 5.11 Å². The van der Waals surface area contributed by atoms with E-state index in [2.05, 4.69) is 6.92 Å². The number of rotatable bonds is 34. The van der Waals surface area contributed by atoms with E-state index < -0.39 is 12.1 Å². The number of carbonyl (C=O) groups is 1. The van der Waals surface area contributed by atoms with Crippen molar-refractivity contribution in [1.82, 2.24) is 0 Å². The quantitative estimate of drug-likeness (QED) is 0.0780. The van der Waals surface area contributed by atoms with Gasteiger partial charge in [0.05, 0.1) is 0 Å². The van der Waals surface area contributed by atoms with Crippen LogP contribution >= 0.6 is 0 Å². The van der Waals surface area contributed by atoms with Gasteiger partial charge in [-0.1, -0.05) is 212 Å². The first kappa shape index (κ1) is 38.4. The van der Waals surface area contributed by atoms with Crippen molar-refractivity contribution in [3.8, 4) is 0 Å². The number of unbranched alkanes of at least 4 members (excludes halogenated alkanes) is 31. The van der Waals surface area contributed by atoms with Crippen LogP contribution in [0.4, 0.5) is 0 Å². The van der Waals surface area contributed by atoms with Crippen molar-refractivity contribution in [2.24, 2.45) is 0 Å². The zero-order valence-electron chi connectivity index (χ0n) is 26.7. The maximum Gasteiger partial charge on any atom is 0.332 e. The molecule has 3 heteroatoms. The molecule has 0 radical (unpaired) electrons. The Bertz CT molecular complexity index is 464. The fourth-order valence-electron chi connectivity index (χ4n) is 5.84. The molecule has 0 aromatic carbocycles. The first-order chi connectivity index (χ1) is 19.2. The minimum atomic E-state index is -1.17. The Labute approximate surface area is 245 Å². The fraction of sp³-hybridized carbons (Fsp3) is 0.972. The van der Waals surface area contributed by atoms with E-state index in [1.54, 1.807) is 0 Å². The Balaban J connectivity index is 3.05. The molecule has 0 heterocycles. The predicted molar refractivity (Wildman–Crippen MR) is 172 cm³/mol. The van der Waals surface area contributed by atoms with Crippen LogP contribution in [-0.2, 0) is 4.79 Å². The molecule has 0 saturated carbocycles. The van der Waals surface area contributed by atoms with Crippen molar-refractivity contribution >= 4 is 5.97 Å². The molecule has 2 N–H and O–H groups in total. The van der Waals surface area contributed by atoms with Gasteiger partial charge in [-0.15, -0.1) is 0 Å². The average molecular weight is 553 g/mol. The highest BCUT2D eigenvalue weighted by molar-refractivity contribution is 5.71. The normalized spacial score (nSPS) is 12.3. The van der Waals surface area contributed by atoms with Crippen LogP contribution < -0.4 is 0 Å². The van der Waals surface area contributed by atoms with Gasteiger partial charge in [-0.3, -0.25) is 0 Å². The molecule has 0 aliphatic heterocycles. The monoisotopic (exact) mass is 553 g/mol. The molecule has 0 fully saturated rings. The lowest BCUT2D eigenvalue weighted by atomic mass is 10.0. The summed E-state index contributed by atoms with van der Waals surface area (Å²) in [5.74, 6) is -1.09. The molecule has 0 aliphatic carbocycles. The second-order valence-corrected chi connectivity index (χ2v) is 12.6. The van der Waals surface area contributed by atoms with E-state index >= 15 is 0 Å². The smallest absolute Gasteiger partial charge is 0.332 e. The molecule has 0 aromatic rings. The summed E-state index contributed by atoms with van der Waals surface area (Å²) >= 11 is 0. The van der Waals surface area contributed by atoms with Crippen molar-refractivity contribution in [3.05, 3.63) is 0 Å². The number of hydrogen-bond acceptors (Lipinski definition) is 2. The molecule has 1 unspecified atom stereocenters. The highest BCUT2D eigenvalue weighted by atomic mass is 16.4. The van der Waals surface area contributed by atoms with Crippen molar-refractivity contribution in [3.63, 3.8) is 0 Å². The van der Waals surface area contributed by atoms with Crippen molar-refractivity contribution in [2.45, 2.75) is 225 Å². The van der Waals surface area contributed by atoms with E-state index in [1.165, 1.54) is 193 Å². The molecule has 0 saturated heterocycles. The third-order valence-corrected chi connectivity index (χ3v) is 8.62. The number of aliphatic hydroxyl groups is 1. The fourth-order valence-corrected chi connectivity index (χ4v) is 5.84. The molecule has 0 amide bonds. The topological polar surface area (TPSA) is 57.5 Å². The largest absolute Gasteiger partial charge is 0.479 e. The summed E-state index contributed by atoms with van der Waals surface area (Å²) < 4.78 is 0. The van der Waals surface area contributed by atoms with E-state index in [9.17, 15) is 9.90 Å². The van der Waals surface area contributed by atoms with Crippen LogP contribution in [-0.4, -0.2) is 22.3 Å². The molecule has 0 aliphatic rings. The summed E-state index contributed by atoms with van der Waals surface area (Å²) in [6.45, 7) is 2.30. The van der Waals surface area contributed by atoms with Crippen LogP contribution in [0, 0.1) is 0 Å². The van der Waals surface area contributed by atoms with Crippen LogP contribution in [0.15, 0.2) is 0 Å². The van der Waals surface area contributed by atoms with Crippen molar-refractivity contribution in [1.29, 1.82) is 0 Å². The summed E-state index contributed by atoms with van der Waals surface area (Å²) in [7, 11) is 0. The molecule has 0 bridgehead atoms. The molecule has 234 valence electrons. The highest BCUT2D eigenvalue weighted by Crippen LogP contribution is 2.17. The average Bonchev–Trinajstić information content (AvgIpc) is 2.93. The molecule has 0 rings (SSSR count). The third kappa shape index (κ3) is 33.5. The molecule has 1 atom stereocenters. The Morgan fingerprint density at radius 1 is 0.385 bits per heavy atom. The second-order valence-electron chi connectivity index (χ2n) is 12.6. The SMILES string of the molecule is CCCCCCCCCCCCCCCCCCCCCCCCCCCCCCCCCCC(O)C(=O)O. The second kappa shape index (κ2) is 33.6. The standard InChI is InChI=1S/C36H72O3/c1-2-3-4-5-6-7-8-9-10-11-12-13-14-15-16-17-18-19-20-21-22-23-24-25-26-27-28-29-30-31-32-33-34-35(37)36(38)39/h35,37H,2-34H2,1H3,(H,38,39). The first-order valence-corrected chi connectivity index (χ1v) is 18.1. The van der Waals surface area contributed by atoms with Crippen LogP contribution in [0.3, 0.4) is 0 Å². The molecular formula is C36H72O3. The van der Waals surface area contributed by atoms with Gasteiger partial charge >= 0.3 is 5.97 Å². The van der Waals surface area contributed by atoms with Gasteiger partial charge in [0.15, 0.2) is 6.10 Å². The lowest BCUT2D eigenvalue weighted by Crippen LogP contribution is -2.18. The zero-order chi connectivity index (χ0) is 28.5. The lowest BCUT2D eigenvalue weighted by molar-refractivity contribution is -0.146. The molecular weight excluding hydrogens is 480 g/mol. The number of carboxylic acids is 1. The number of aliphatic hydroxyl groups excluding tert-OH is 1. The summed E-state index contributed by atoms with van der Waals surface area (Å²) in [6.07, 6.45) is 43.9. The Morgan fingerprint density at radius 3 is 0.744 bits per heavy atom. The van der Waals surface area contributed by atoms with Crippen LogP contribution in [0.25, 0.3) is 0 Å². The van der Waals surface area contributed by atoms with Gasteiger partial charge in [0.1, 0.15) is 0 Å². The van der Waals surface area contributed by atoms with Gasteiger partial charge in [0.2, 0.25) is 0 Å². The Kier molecular flexibility index (Phi) is 33.1. The first-order valence-electron chi connectivity index (χ1n) is 18.1. The van der Waals surface area contributed by atoms with Crippen molar-refractivity contribution in [2.75, 3.05) is 0 Å². The minimum Gasteiger partial charge on any atom is -0.479 e. The van der Waals surface area contributed by atoms with Gasteiger partial charge in [-0.25, -0.2) is 4.79 Å². The molecule has 0 aromatic heterocycles. The summed E-state index contributed by atoms with van der Waals surface area (Å²) in [5.41, 5.74) is 0. The summed E-state index contributed by atoms with van der Waals surface area (Å²) in [4.78, 5) is 10.6. The van der Waals surface area contributed by atoms with Crippen LogP contribution in [0.1, 0.15) is 219 Å². The number of aliphatic carboxylic acids is 1. The van der Waals surface area contributed by atoms with Gasteiger partial charge in [-0.05, 0) is 6.42 Å². The van der Waals surface area contributed by atoms with Crippen LogP contribution in [0.2, 0.25) is 0 Å². The molecule has 39 heavy (non-hydrogen) atoms. The van der Waals surface area contributed by atoms with Gasteiger partial charge in [0, 0.05) is 0 Å². The Hall–Kier alpha value is -0.570. The maximum atomic E-state index is 10.6. The van der Waals surface area contributed by atoms with Crippen molar-refractivity contribution < 1.29 is 15.0 Å². The lowest BCUT2D eigenvalue weighted by Gasteiger charge is -2.05. The van der Waals surface area contributed by atoms with E-state index in [1.807, 2.05) is 0 Å².